The highest BCUT2D eigenvalue weighted by Crippen LogP contribution is 2.28. The predicted molar refractivity (Wildman–Crippen MR) is 92.2 cm³/mol. The van der Waals surface area contributed by atoms with E-state index in [-0.39, 0.29) is 17.2 Å². The van der Waals surface area contributed by atoms with Crippen LogP contribution in [0.2, 0.25) is 0 Å². The van der Waals surface area contributed by atoms with E-state index in [0.717, 1.165) is 32.3 Å². The number of aryl methyl sites for hydroxylation is 1. The van der Waals surface area contributed by atoms with Crippen molar-refractivity contribution in [2.24, 2.45) is 0 Å². The Hall–Kier alpha value is -2.47. The van der Waals surface area contributed by atoms with Gasteiger partial charge < -0.3 is 15.2 Å². The predicted octanol–water partition coefficient (Wildman–Crippen LogP) is 1.30. The molecular formula is C18H22N4O2. The molecule has 1 aromatic heterocycles. The molecule has 0 bridgehead atoms. The summed E-state index contributed by atoms with van der Waals surface area (Å²) in [6, 6.07) is 8.54. The minimum Gasteiger partial charge on any atom is -0.349 e. The van der Waals surface area contributed by atoms with Gasteiger partial charge in [-0.1, -0.05) is 24.3 Å². The van der Waals surface area contributed by atoms with Gasteiger partial charge >= 0.3 is 0 Å². The van der Waals surface area contributed by atoms with Gasteiger partial charge in [-0.25, -0.2) is 0 Å². The maximum absolute atomic E-state index is 12.0. The molecule has 24 heavy (non-hydrogen) atoms. The molecule has 1 saturated heterocycles. The van der Waals surface area contributed by atoms with E-state index >= 15 is 0 Å². The number of rotatable bonds is 5. The summed E-state index contributed by atoms with van der Waals surface area (Å²) < 4.78 is 0. The van der Waals surface area contributed by atoms with Gasteiger partial charge in [0.15, 0.2) is 0 Å². The van der Waals surface area contributed by atoms with Crippen molar-refractivity contribution < 1.29 is 4.79 Å². The van der Waals surface area contributed by atoms with Crippen LogP contribution in [0.5, 0.6) is 0 Å². The lowest BCUT2D eigenvalue weighted by molar-refractivity contribution is 0.0944. The van der Waals surface area contributed by atoms with Crippen molar-refractivity contribution in [3.05, 3.63) is 63.8 Å². The number of benzene rings is 1. The highest BCUT2D eigenvalue weighted by atomic mass is 16.2. The number of nitrogens with zero attached hydrogens (tertiary/aromatic N) is 2. The van der Waals surface area contributed by atoms with E-state index < -0.39 is 0 Å². The molecule has 0 saturated carbocycles. The van der Waals surface area contributed by atoms with E-state index in [1.165, 1.54) is 17.3 Å². The molecule has 0 spiro atoms. The zero-order valence-corrected chi connectivity index (χ0v) is 13.8. The van der Waals surface area contributed by atoms with Crippen molar-refractivity contribution in [2.75, 3.05) is 26.2 Å². The SMILES string of the molecule is Cc1ccccc1[C@@H]1CCN(CCNC(=O)c2cncc(=O)[nH]2)C1. The molecule has 0 radical (unpaired) electrons. The lowest BCUT2D eigenvalue weighted by Gasteiger charge is -2.17. The molecule has 0 aliphatic carbocycles. The fraction of sp³-hybridized carbons (Fsp3) is 0.389. The normalized spacial score (nSPS) is 17.8. The molecule has 0 unspecified atom stereocenters. The first kappa shape index (κ1) is 16.4. The largest absolute Gasteiger partial charge is 0.349 e. The van der Waals surface area contributed by atoms with Crippen LogP contribution < -0.4 is 10.9 Å². The van der Waals surface area contributed by atoms with Crippen LogP contribution in [0.4, 0.5) is 0 Å². The second kappa shape index (κ2) is 7.40. The molecule has 6 nitrogen and oxygen atoms in total. The Morgan fingerprint density at radius 2 is 2.21 bits per heavy atom. The smallest absolute Gasteiger partial charge is 0.269 e. The van der Waals surface area contributed by atoms with E-state index in [0.29, 0.717) is 12.5 Å². The van der Waals surface area contributed by atoms with Crippen molar-refractivity contribution in [1.82, 2.24) is 20.2 Å². The van der Waals surface area contributed by atoms with E-state index in [2.05, 4.69) is 51.4 Å². The second-order valence-electron chi connectivity index (χ2n) is 6.21. The van der Waals surface area contributed by atoms with Crippen LogP contribution in [-0.4, -0.2) is 47.0 Å². The van der Waals surface area contributed by atoms with Gasteiger partial charge in [0.2, 0.25) is 0 Å². The van der Waals surface area contributed by atoms with Crippen molar-refractivity contribution in [3.63, 3.8) is 0 Å². The van der Waals surface area contributed by atoms with Gasteiger partial charge in [0.25, 0.3) is 11.5 Å². The highest BCUT2D eigenvalue weighted by molar-refractivity contribution is 5.91. The molecule has 6 heteroatoms. The Balaban J connectivity index is 1.47. The first-order valence-electron chi connectivity index (χ1n) is 8.24. The maximum atomic E-state index is 12.0. The number of amides is 1. The van der Waals surface area contributed by atoms with E-state index in [9.17, 15) is 9.59 Å². The van der Waals surface area contributed by atoms with Crippen LogP contribution >= 0.6 is 0 Å². The number of nitrogens with one attached hydrogen (secondary N) is 2. The average molecular weight is 326 g/mol. The number of hydrogen-bond acceptors (Lipinski definition) is 4. The van der Waals surface area contributed by atoms with Gasteiger partial charge in [-0.3, -0.25) is 14.6 Å². The monoisotopic (exact) mass is 326 g/mol. The second-order valence-corrected chi connectivity index (χ2v) is 6.21. The molecule has 2 N–H and O–H groups in total. The van der Waals surface area contributed by atoms with Crippen LogP contribution in [0, 0.1) is 6.92 Å². The Bertz CT molecular complexity index is 771. The van der Waals surface area contributed by atoms with E-state index in [4.69, 9.17) is 0 Å². The molecule has 1 aliphatic rings. The Labute approximate surface area is 140 Å². The van der Waals surface area contributed by atoms with E-state index in [1.54, 1.807) is 0 Å². The van der Waals surface area contributed by atoms with Crippen LogP contribution in [0.1, 0.15) is 34.0 Å². The summed E-state index contributed by atoms with van der Waals surface area (Å²) in [4.78, 5) is 31.7. The molecule has 2 heterocycles. The third-order valence-corrected chi connectivity index (χ3v) is 4.51. The fourth-order valence-electron chi connectivity index (χ4n) is 3.25. The number of aromatic amines is 1. The summed E-state index contributed by atoms with van der Waals surface area (Å²) in [5.41, 5.74) is 2.60. The van der Waals surface area contributed by atoms with Gasteiger partial charge in [-0.05, 0) is 36.9 Å². The molecule has 2 aromatic rings. The van der Waals surface area contributed by atoms with Crippen LogP contribution in [0.3, 0.4) is 0 Å². The standard InChI is InChI=1S/C18H22N4O2/c1-13-4-2-3-5-15(13)14-6-8-22(12-14)9-7-20-18(24)16-10-19-11-17(23)21-16/h2-5,10-11,14H,6-9,12H2,1H3,(H,20,24)(H,21,23)/t14-/m1/s1. The minimum absolute atomic E-state index is 0.196. The number of hydrogen-bond donors (Lipinski definition) is 2. The first-order chi connectivity index (χ1) is 11.6. The minimum atomic E-state index is -0.372. The Kier molecular flexibility index (Phi) is 5.05. The summed E-state index contributed by atoms with van der Waals surface area (Å²) >= 11 is 0. The van der Waals surface area contributed by atoms with Crippen LogP contribution in [-0.2, 0) is 0 Å². The number of aromatic nitrogens is 2. The summed E-state index contributed by atoms with van der Waals surface area (Å²) in [6.07, 6.45) is 3.66. The maximum Gasteiger partial charge on any atom is 0.269 e. The van der Waals surface area contributed by atoms with Crippen molar-refractivity contribution in [1.29, 1.82) is 0 Å². The van der Waals surface area contributed by atoms with Gasteiger partial charge in [0, 0.05) is 19.6 Å². The molecule has 1 amide bonds. The molecular weight excluding hydrogens is 304 g/mol. The number of carbonyl (C=O) groups excluding carboxylic acids is 1. The van der Waals surface area contributed by atoms with Gasteiger partial charge in [0.1, 0.15) is 5.69 Å². The Morgan fingerprint density at radius 3 is 3.00 bits per heavy atom. The fourth-order valence-corrected chi connectivity index (χ4v) is 3.25. The van der Waals surface area contributed by atoms with E-state index in [1.807, 2.05) is 0 Å². The zero-order valence-electron chi connectivity index (χ0n) is 13.8. The first-order valence-corrected chi connectivity index (χ1v) is 8.24. The zero-order chi connectivity index (χ0) is 16.9. The lowest BCUT2D eigenvalue weighted by Crippen LogP contribution is -2.34. The number of H-pyrrole nitrogens is 1. The third-order valence-electron chi connectivity index (χ3n) is 4.51. The average Bonchev–Trinajstić information content (AvgIpc) is 3.04. The summed E-state index contributed by atoms with van der Waals surface area (Å²) in [6.45, 7) is 5.57. The molecule has 1 fully saturated rings. The van der Waals surface area contributed by atoms with Crippen molar-refractivity contribution >= 4 is 5.91 Å². The topological polar surface area (TPSA) is 78.1 Å². The van der Waals surface area contributed by atoms with Gasteiger partial charge in [-0.15, -0.1) is 0 Å². The van der Waals surface area contributed by atoms with Crippen LogP contribution in [0.15, 0.2) is 41.5 Å². The molecule has 1 aromatic carbocycles. The molecule has 126 valence electrons. The molecule has 3 rings (SSSR count). The summed E-state index contributed by atoms with van der Waals surface area (Å²) in [5, 5.41) is 2.83. The quantitative estimate of drug-likeness (QED) is 0.868. The molecule has 1 aliphatic heterocycles. The number of likely N-dealkylation sites (tertiary alicyclic amines) is 1. The summed E-state index contributed by atoms with van der Waals surface area (Å²) in [5.74, 6) is 0.270. The Morgan fingerprint density at radius 1 is 1.38 bits per heavy atom. The lowest BCUT2D eigenvalue weighted by atomic mass is 9.94. The van der Waals surface area contributed by atoms with Crippen LogP contribution in [0.25, 0.3) is 0 Å². The van der Waals surface area contributed by atoms with Gasteiger partial charge in [-0.2, -0.15) is 0 Å². The third kappa shape index (κ3) is 3.89. The van der Waals surface area contributed by atoms with Crippen molar-refractivity contribution in [3.8, 4) is 0 Å². The highest BCUT2D eigenvalue weighted by Gasteiger charge is 2.24. The number of carbonyl (C=O) groups is 1. The van der Waals surface area contributed by atoms with Gasteiger partial charge in [0.05, 0.1) is 12.4 Å². The summed E-state index contributed by atoms with van der Waals surface area (Å²) in [7, 11) is 0. The molecule has 1 atom stereocenters. The van der Waals surface area contributed by atoms with Crippen molar-refractivity contribution in [2.45, 2.75) is 19.3 Å².